The lowest BCUT2D eigenvalue weighted by molar-refractivity contribution is -0.0472. The van der Waals surface area contributed by atoms with Gasteiger partial charge in [0.1, 0.15) is 11.6 Å². The van der Waals surface area contributed by atoms with Crippen molar-refractivity contribution in [3.8, 4) is 22.4 Å². The van der Waals surface area contributed by atoms with Crippen LogP contribution in [0, 0.1) is 19.8 Å². The van der Waals surface area contributed by atoms with E-state index in [0.717, 1.165) is 11.1 Å². The van der Waals surface area contributed by atoms with Gasteiger partial charge in [-0.1, -0.05) is 5.16 Å². The van der Waals surface area contributed by atoms with E-state index < -0.39 is 18.3 Å². The van der Waals surface area contributed by atoms with Gasteiger partial charge < -0.3 is 14.8 Å². The molecule has 0 unspecified atom stereocenters. The summed E-state index contributed by atoms with van der Waals surface area (Å²) in [7, 11) is 0. The number of anilines is 1. The van der Waals surface area contributed by atoms with Crippen LogP contribution in [0.2, 0.25) is 0 Å². The van der Waals surface area contributed by atoms with Gasteiger partial charge in [-0.2, -0.15) is 0 Å². The van der Waals surface area contributed by atoms with Gasteiger partial charge in [0.25, 0.3) is 0 Å². The number of aromatic nitrogens is 5. The second kappa shape index (κ2) is 7.65. The molecule has 7 nitrogen and oxygen atoms in total. The summed E-state index contributed by atoms with van der Waals surface area (Å²) in [5.74, 6) is -2.43. The van der Waals surface area contributed by atoms with E-state index in [1.54, 1.807) is 19.3 Å². The number of aryl methyl sites for hydroxylation is 2. The molecule has 1 fully saturated rings. The highest BCUT2D eigenvalue weighted by atomic mass is 19.3. The summed E-state index contributed by atoms with van der Waals surface area (Å²) in [4.78, 5) is 13.1. The minimum Gasteiger partial charge on any atom is -0.382 e. The van der Waals surface area contributed by atoms with E-state index >= 15 is 0 Å². The quantitative estimate of drug-likeness (QED) is 0.470. The van der Waals surface area contributed by atoms with E-state index in [2.05, 4.69) is 20.1 Å². The molecular weight excluding hydrogens is 414 g/mol. The van der Waals surface area contributed by atoms with Crippen LogP contribution in [0.15, 0.2) is 35.4 Å². The Morgan fingerprint density at radius 1 is 1.19 bits per heavy atom. The minimum atomic E-state index is -2.74. The first-order valence-corrected chi connectivity index (χ1v) is 10.5. The molecule has 2 N–H and O–H groups in total. The first-order chi connectivity index (χ1) is 16.1. The topological polar surface area (TPSA) is 95.7 Å². The van der Waals surface area contributed by atoms with Gasteiger partial charge in [0, 0.05) is 48.4 Å². The molecule has 4 aromatic heterocycles. The fraction of sp³-hybridized carbons (Fsp3) is 0.391. The Bertz CT molecular complexity index is 1340. The van der Waals surface area contributed by atoms with Crippen molar-refractivity contribution in [2.24, 2.45) is 5.92 Å². The molecule has 0 bridgehead atoms. The molecule has 0 aliphatic heterocycles. The number of hydrogen-bond donors (Lipinski definition) is 1. The predicted molar refractivity (Wildman–Crippen MR) is 117 cm³/mol. The van der Waals surface area contributed by atoms with E-state index in [1.165, 1.54) is 17.0 Å². The van der Waals surface area contributed by atoms with Gasteiger partial charge >= 0.3 is 0 Å². The second-order valence-electron chi connectivity index (χ2n) is 8.29. The van der Waals surface area contributed by atoms with Crippen LogP contribution in [0.5, 0.6) is 0 Å². The molecule has 9 heteroatoms. The maximum Gasteiger partial charge on any atom is 0.248 e. The standard InChI is InChI=1S/C23H24F2N6O/c1-13-21(14(2)32-30-13)16-7-19-22(29-8-16)17(18-9-28-20(26)10-27-18)12-31(19)11-15-3-5-23(24,25)6-4-15/h7-10,12,15H,3-6,11H2,1-2H3,(H2,26,28)/i11D2. The van der Waals surface area contributed by atoms with Crippen LogP contribution >= 0.6 is 0 Å². The number of nitrogens with zero attached hydrogens (tertiary/aromatic N) is 5. The van der Waals surface area contributed by atoms with Gasteiger partial charge in [-0.25, -0.2) is 13.8 Å². The third-order valence-electron chi connectivity index (χ3n) is 5.95. The Kier molecular flexibility index (Phi) is 4.36. The van der Waals surface area contributed by atoms with Crippen LogP contribution < -0.4 is 5.73 Å². The average Bonchev–Trinajstić information content (AvgIpc) is 3.33. The van der Waals surface area contributed by atoms with Gasteiger partial charge in [0.2, 0.25) is 5.92 Å². The molecule has 32 heavy (non-hydrogen) atoms. The second-order valence-corrected chi connectivity index (χ2v) is 8.29. The highest BCUT2D eigenvalue weighted by Gasteiger charge is 2.35. The number of halogens is 2. The molecule has 1 aliphatic carbocycles. The van der Waals surface area contributed by atoms with E-state index in [-0.39, 0.29) is 31.5 Å². The van der Waals surface area contributed by atoms with Crippen LogP contribution in [0.25, 0.3) is 33.4 Å². The molecule has 5 rings (SSSR count). The Labute approximate surface area is 186 Å². The molecule has 0 atom stereocenters. The lowest BCUT2D eigenvalue weighted by Crippen LogP contribution is -2.26. The zero-order valence-electron chi connectivity index (χ0n) is 19.8. The summed E-state index contributed by atoms with van der Waals surface area (Å²) in [6.45, 7) is 1.70. The molecule has 0 aromatic carbocycles. The summed E-state index contributed by atoms with van der Waals surface area (Å²) in [6, 6.07) is 1.83. The zero-order valence-corrected chi connectivity index (χ0v) is 17.8. The lowest BCUT2D eigenvalue weighted by atomic mass is 9.87. The molecular formula is C23H24F2N6O. The van der Waals surface area contributed by atoms with Gasteiger partial charge in [0.15, 0.2) is 0 Å². The monoisotopic (exact) mass is 440 g/mol. The van der Waals surface area contributed by atoms with Crippen molar-refractivity contribution in [3.05, 3.63) is 42.3 Å². The highest BCUT2D eigenvalue weighted by Crippen LogP contribution is 2.38. The normalized spacial score (nSPS) is 18.0. The third-order valence-corrected chi connectivity index (χ3v) is 5.95. The Balaban J connectivity index is 1.69. The van der Waals surface area contributed by atoms with Crippen molar-refractivity contribution in [3.63, 3.8) is 0 Å². The fourth-order valence-electron chi connectivity index (χ4n) is 4.27. The van der Waals surface area contributed by atoms with Gasteiger partial charge in [0.05, 0.1) is 37.6 Å². The highest BCUT2D eigenvalue weighted by molar-refractivity contribution is 5.94. The van der Waals surface area contributed by atoms with E-state index in [1.807, 2.05) is 13.0 Å². The van der Waals surface area contributed by atoms with Crippen LogP contribution in [0.4, 0.5) is 14.6 Å². The first kappa shape index (κ1) is 18.2. The minimum absolute atomic E-state index is 0.0909. The van der Waals surface area contributed by atoms with Crippen molar-refractivity contribution in [2.75, 3.05) is 5.73 Å². The van der Waals surface area contributed by atoms with Crippen molar-refractivity contribution in [1.82, 2.24) is 24.7 Å². The van der Waals surface area contributed by atoms with Crippen molar-refractivity contribution >= 4 is 16.9 Å². The first-order valence-electron chi connectivity index (χ1n) is 11.5. The Hall–Kier alpha value is -3.36. The summed E-state index contributed by atoms with van der Waals surface area (Å²) in [5, 5.41) is 4.01. The molecule has 1 saturated carbocycles. The number of nitrogen functional groups attached to an aromatic ring is 1. The maximum absolute atomic E-state index is 13.8. The number of rotatable bonds is 4. The largest absolute Gasteiger partial charge is 0.382 e. The SMILES string of the molecule is [2H]C([2H])(C1CCC(F)(F)CC1)n1cc(-c2cnc(N)cn2)c2ncc(-c3c(C)noc3C)cc21. The molecule has 0 amide bonds. The summed E-state index contributed by atoms with van der Waals surface area (Å²) < 4.78 is 52.3. The summed E-state index contributed by atoms with van der Waals surface area (Å²) in [5.41, 5.74) is 10.0. The smallest absolute Gasteiger partial charge is 0.248 e. The number of alkyl halides is 2. The molecule has 0 saturated heterocycles. The number of hydrogen-bond acceptors (Lipinski definition) is 6. The van der Waals surface area contributed by atoms with Gasteiger partial charge in [-0.05, 0) is 38.7 Å². The molecule has 0 spiro atoms. The average molecular weight is 440 g/mol. The van der Waals surface area contributed by atoms with E-state index in [0.29, 0.717) is 33.7 Å². The van der Waals surface area contributed by atoms with E-state index in [4.69, 9.17) is 13.0 Å². The maximum atomic E-state index is 13.8. The fourth-order valence-corrected chi connectivity index (χ4v) is 4.27. The Morgan fingerprint density at radius 2 is 1.97 bits per heavy atom. The van der Waals surface area contributed by atoms with Crippen molar-refractivity contribution in [1.29, 1.82) is 0 Å². The molecule has 4 heterocycles. The molecule has 0 radical (unpaired) electrons. The van der Waals surface area contributed by atoms with Crippen LogP contribution in [-0.2, 0) is 6.50 Å². The van der Waals surface area contributed by atoms with Gasteiger partial charge in [-0.15, -0.1) is 0 Å². The molecule has 4 aromatic rings. The Morgan fingerprint density at radius 3 is 2.62 bits per heavy atom. The zero-order chi connectivity index (χ0) is 24.3. The number of pyridine rings is 1. The van der Waals surface area contributed by atoms with Gasteiger partial charge in [-0.3, -0.25) is 9.97 Å². The van der Waals surface area contributed by atoms with Crippen LogP contribution in [-0.4, -0.2) is 30.6 Å². The lowest BCUT2D eigenvalue weighted by Gasteiger charge is -2.28. The van der Waals surface area contributed by atoms with Crippen LogP contribution in [0.3, 0.4) is 0 Å². The van der Waals surface area contributed by atoms with Crippen LogP contribution in [0.1, 0.15) is 39.9 Å². The van der Waals surface area contributed by atoms with Crippen molar-refractivity contribution in [2.45, 2.75) is 52.0 Å². The predicted octanol–water partition coefficient (Wildman–Crippen LogP) is 5.17. The molecule has 1 aliphatic rings. The number of fused-ring (bicyclic) bond motifs is 1. The third kappa shape index (κ3) is 3.72. The van der Waals surface area contributed by atoms with Crippen molar-refractivity contribution < 1.29 is 16.0 Å². The summed E-state index contributed by atoms with van der Waals surface area (Å²) in [6.07, 6.45) is 5.79. The van der Waals surface area contributed by atoms with E-state index in [9.17, 15) is 8.78 Å². The summed E-state index contributed by atoms with van der Waals surface area (Å²) >= 11 is 0. The number of nitrogens with two attached hydrogens (primary N) is 1. The molecule has 166 valence electrons.